The predicted molar refractivity (Wildman–Crippen MR) is 58.7 cm³/mol. The van der Waals surface area contributed by atoms with Crippen LogP contribution in [0, 0.1) is 0 Å². The van der Waals surface area contributed by atoms with Gasteiger partial charge in [-0.1, -0.05) is 37.3 Å². The molecule has 80 valence electrons. The number of amides is 1. The summed E-state index contributed by atoms with van der Waals surface area (Å²) in [6.45, 7) is 3.29. The molecule has 0 spiro atoms. The lowest BCUT2D eigenvalue weighted by Crippen LogP contribution is -2.39. The zero-order valence-corrected chi connectivity index (χ0v) is 8.99. The molecule has 1 rings (SSSR count). The summed E-state index contributed by atoms with van der Waals surface area (Å²) < 4.78 is 0. The van der Waals surface area contributed by atoms with Gasteiger partial charge in [0.1, 0.15) is 0 Å². The lowest BCUT2D eigenvalue weighted by atomic mass is 10.0. The summed E-state index contributed by atoms with van der Waals surface area (Å²) in [5.74, 6) is -0.209. The molecule has 0 bridgehead atoms. The van der Waals surface area contributed by atoms with Crippen molar-refractivity contribution in [2.24, 2.45) is 0 Å². The Kier molecular flexibility index (Phi) is 4.03. The van der Waals surface area contributed by atoms with Crippen molar-refractivity contribution in [2.75, 3.05) is 0 Å². The molecule has 1 aromatic rings. The van der Waals surface area contributed by atoms with Gasteiger partial charge in [-0.15, -0.1) is 0 Å². The third kappa shape index (κ3) is 3.20. The first-order valence-electron chi connectivity index (χ1n) is 5.01. The van der Waals surface area contributed by atoms with Gasteiger partial charge in [-0.2, -0.15) is 0 Å². The minimum absolute atomic E-state index is 0.0340. The summed E-state index contributed by atoms with van der Waals surface area (Å²) in [5.41, 5.74) is 0.637. The number of nitrogens with one attached hydrogen (secondary N) is 1. The number of benzene rings is 1. The number of hydrogen-bond acceptors (Lipinski definition) is 2. The lowest BCUT2D eigenvalue weighted by molar-refractivity contribution is -0.119. The monoisotopic (exact) mass is 205 g/mol. The zero-order chi connectivity index (χ0) is 11.3. The maximum absolute atomic E-state index is 11.9. The average Bonchev–Trinajstić information content (AvgIpc) is 2.26. The Morgan fingerprint density at radius 2 is 1.87 bits per heavy atom. The van der Waals surface area contributed by atoms with Crippen LogP contribution < -0.4 is 5.32 Å². The van der Waals surface area contributed by atoms with Gasteiger partial charge in [0.25, 0.3) is 0 Å². The van der Waals surface area contributed by atoms with Gasteiger partial charge in [-0.05, 0) is 6.42 Å². The third-order valence-electron chi connectivity index (χ3n) is 2.16. The van der Waals surface area contributed by atoms with E-state index in [1.807, 2.05) is 25.1 Å². The van der Waals surface area contributed by atoms with Gasteiger partial charge >= 0.3 is 0 Å². The molecular formula is C12H15NO2. The summed E-state index contributed by atoms with van der Waals surface area (Å²) in [6.07, 6.45) is 0.604. The van der Waals surface area contributed by atoms with Crippen molar-refractivity contribution in [1.82, 2.24) is 5.32 Å². The number of carbonyl (C=O) groups excluding carboxylic acids is 2. The SMILES string of the molecule is CC[C@H](NC(C)=O)C(=O)c1ccccc1. The van der Waals surface area contributed by atoms with Gasteiger partial charge in [-0.25, -0.2) is 0 Å². The molecule has 0 aliphatic heterocycles. The minimum atomic E-state index is -0.412. The molecule has 3 nitrogen and oxygen atoms in total. The Morgan fingerprint density at radius 3 is 2.33 bits per heavy atom. The largest absolute Gasteiger partial charge is 0.346 e. The van der Waals surface area contributed by atoms with E-state index in [0.717, 1.165) is 0 Å². The Balaban J connectivity index is 2.78. The van der Waals surface area contributed by atoms with Crippen LogP contribution in [0.15, 0.2) is 30.3 Å². The Bertz CT molecular complexity index is 346. The van der Waals surface area contributed by atoms with Crippen molar-refractivity contribution in [3.63, 3.8) is 0 Å². The molecule has 0 aliphatic carbocycles. The first-order chi connectivity index (χ1) is 7.15. The van der Waals surface area contributed by atoms with Crippen LogP contribution in [0.1, 0.15) is 30.6 Å². The fraction of sp³-hybridized carbons (Fsp3) is 0.333. The number of Topliss-reactive ketones (excluding diaryl/α,β-unsaturated/α-hetero) is 1. The second-order valence-corrected chi connectivity index (χ2v) is 3.39. The highest BCUT2D eigenvalue weighted by atomic mass is 16.2. The number of ketones is 1. The van der Waals surface area contributed by atoms with Crippen molar-refractivity contribution >= 4 is 11.7 Å². The Hall–Kier alpha value is -1.64. The van der Waals surface area contributed by atoms with Crippen LogP contribution in [-0.2, 0) is 4.79 Å². The van der Waals surface area contributed by atoms with Crippen molar-refractivity contribution < 1.29 is 9.59 Å². The molecule has 0 saturated heterocycles. The van der Waals surface area contributed by atoms with Gasteiger partial charge in [0.2, 0.25) is 5.91 Å². The van der Waals surface area contributed by atoms with Crippen LogP contribution in [0.25, 0.3) is 0 Å². The van der Waals surface area contributed by atoms with Gasteiger partial charge in [0.05, 0.1) is 6.04 Å². The highest BCUT2D eigenvalue weighted by Crippen LogP contribution is 2.05. The fourth-order valence-electron chi connectivity index (χ4n) is 1.40. The van der Waals surface area contributed by atoms with Crippen LogP contribution in [-0.4, -0.2) is 17.7 Å². The molecule has 0 saturated carbocycles. The fourth-order valence-corrected chi connectivity index (χ4v) is 1.40. The van der Waals surface area contributed by atoms with Gasteiger partial charge in [0, 0.05) is 12.5 Å². The number of carbonyl (C=O) groups is 2. The van der Waals surface area contributed by atoms with Crippen LogP contribution in [0.2, 0.25) is 0 Å². The van der Waals surface area contributed by atoms with Crippen molar-refractivity contribution in [2.45, 2.75) is 26.3 Å². The van der Waals surface area contributed by atoms with Gasteiger partial charge < -0.3 is 5.32 Å². The van der Waals surface area contributed by atoms with E-state index in [0.29, 0.717) is 12.0 Å². The molecule has 3 heteroatoms. The summed E-state index contributed by atoms with van der Waals surface area (Å²) in [4.78, 5) is 22.8. The van der Waals surface area contributed by atoms with Gasteiger partial charge in [-0.3, -0.25) is 9.59 Å². The molecule has 0 heterocycles. The molecule has 0 aromatic heterocycles. The molecule has 1 aromatic carbocycles. The lowest BCUT2D eigenvalue weighted by Gasteiger charge is -2.14. The first-order valence-corrected chi connectivity index (χ1v) is 5.01. The van der Waals surface area contributed by atoms with E-state index in [4.69, 9.17) is 0 Å². The van der Waals surface area contributed by atoms with Crippen LogP contribution in [0.5, 0.6) is 0 Å². The maximum atomic E-state index is 11.9. The minimum Gasteiger partial charge on any atom is -0.346 e. The van der Waals surface area contributed by atoms with Crippen molar-refractivity contribution in [3.05, 3.63) is 35.9 Å². The average molecular weight is 205 g/mol. The zero-order valence-electron chi connectivity index (χ0n) is 8.99. The molecule has 0 fully saturated rings. The molecule has 1 amide bonds. The van der Waals surface area contributed by atoms with E-state index in [9.17, 15) is 9.59 Å². The van der Waals surface area contributed by atoms with E-state index < -0.39 is 6.04 Å². The number of rotatable bonds is 4. The van der Waals surface area contributed by atoms with E-state index in [2.05, 4.69) is 5.32 Å². The molecule has 0 aliphatic rings. The highest BCUT2D eigenvalue weighted by Gasteiger charge is 2.18. The second kappa shape index (κ2) is 5.29. The van der Waals surface area contributed by atoms with Crippen LogP contribution in [0.3, 0.4) is 0 Å². The predicted octanol–water partition coefficient (Wildman–Crippen LogP) is 1.78. The van der Waals surface area contributed by atoms with E-state index in [-0.39, 0.29) is 11.7 Å². The molecule has 0 radical (unpaired) electrons. The smallest absolute Gasteiger partial charge is 0.217 e. The molecular weight excluding hydrogens is 190 g/mol. The summed E-state index contributed by atoms with van der Waals surface area (Å²) in [5, 5.41) is 2.64. The Labute approximate surface area is 89.5 Å². The maximum Gasteiger partial charge on any atom is 0.217 e. The summed E-state index contributed by atoms with van der Waals surface area (Å²) in [7, 11) is 0. The first kappa shape index (κ1) is 11.4. The third-order valence-corrected chi connectivity index (χ3v) is 2.16. The summed E-state index contributed by atoms with van der Waals surface area (Å²) >= 11 is 0. The van der Waals surface area contributed by atoms with Crippen molar-refractivity contribution in [3.8, 4) is 0 Å². The second-order valence-electron chi connectivity index (χ2n) is 3.39. The molecule has 1 atom stereocenters. The van der Waals surface area contributed by atoms with E-state index in [1.54, 1.807) is 12.1 Å². The Morgan fingerprint density at radius 1 is 1.27 bits per heavy atom. The van der Waals surface area contributed by atoms with Crippen LogP contribution >= 0.6 is 0 Å². The normalized spacial score (nSPS) is 11.9. The van der Waals surface area contributed by atoms with E-state index in [1.165, 1.54) is 6.92 Å². The quantitative estimate of drug-likeness (QED) is 0.762. The standard InChI is InChI=1S/C12H15NO2/c1-3-11(13-9(2)14)12(15)10-7-5-4-6-8-10/h4-8,11H,3H2,1-2H3,(H,13,14)/t11-/m0/s1. The van der Waals surface area contributed by atoms with E-state index >= 15 is 0 Å². The summed E-state index contributed by atoms with van der Waals surface area (Å²) in [6, 6.07) is 8.59. The number of hydrogen-bond donors (Lipinski definition) is 1. The molecule has 1 N–H and O–H groups in total. The van der Waals surface area contributed by atoms with Gasteiger partial charge in [0.15, 0.2) is 5.78 Å². The molecule has 0 unspecified atom stereocenters. The van der Waals surface area contributed by atoms with Crippen LogP contribution in [0.4, 0.5) is 0 Å². The highest BCUT2D eigenvalue weighted by molar-refractivity contribution is 6.01. The topological polar surface area (TPSA) is 46.2 Å². The van der Waals surface area contributed by atoms with Crippen molar-refractivity contribution in [1.29, 1.82) is 0 Å². The molecule has 15 heavy (non-hydrogen) atoms.